The monoisotopic (exact) mass is 325 g/mol. The molecule has 0 fully saturated rings. The molecule has 3 aromatic carbocycles. The third kappa shape index (κ3) is 4.30. The van der Waals surface area contributed by atoms with Crippen molar-refractivity contribution in [2.24, 2.45) is 4.99 Å². The number of phenolic OH excluding ortho intramolecular Hbond substituents is 1. The van der Waals surface area contributed by atoms with Crippen molar-refractivity contribution in [1.82, 2.24) is 0 Å². The zero-order chi connectivity index (χ0) is 13.1. The van der Waals surface area contributed by atoms with Gasteiger partial charge in [0.25, 0.3) is 0 Å². The summed E-state index contributed by atoms with van der Waals surface area (Å²) in [6, 6.07) is 21.3. The van der Waals surface area contributed by atoms with Gasteiger partial charge in [-0.1, -0.05) is 48.5 Å². The number of para-hydroxylation sites is 1. The average molecular weight is 325 g/mol. The summed E-state index contributed by atoms with van der Waals surface area (Å²) in [4.78, 5) is 4.48. The SMILES string of the molecule is Oc1ccccc1C=Nc1cccc2ccccc12.[CH3-].[CH3-].[Ti+2]. The molecule has 0 amide bonds. The fraction of sp³-hybridized carbons (Fsp3) is 0. The standard InChI is InChI=1S/C17H13NO.2CH3.Ti/c19-17-11-4-2-7-14(17)12-18-16-10-5-8-13-6-1-3-9-15(13)16;;;/h1-12,19H;2*1H3;/q;2*-1;+2. The van der Waals surface area contributed by atoms with Crippen molar-refractivity contribution < 1.29 is 26.8 Å². The zero-order valence-electron chi connectivity index (χ0n) is 12.8. The molecule has 0 saturated heterocycles. The third-order valence-corrected chi connectivity index (χ3v) is 3.05. The first-order valence-electron chi connectivity index (χ1n) is 6.14. The summed E-state index contributed by atoms with van der Waals surface area (Å²) < 4.78 is 0. The Hall–Kier alpha value is -1.90. The summed E-state index contributed by atoms with van der Waals surface area (Å²) in [5.74, 6) is 0.242. The van der Waals surface area contributed by atoms with Crippen molar-refractivity contribution in [3.05, 3.63) is 87.1 Å². The predicted octanol–water partition coefficient (Wildman–Crippen LogP) is 5.19. The van der Waals surface area contributed by atoms with Gasteiger partial charge in [-0.2, -0.15) is 0 Å². The van der Waals surface area contributed by atoms with Crippen molar-refractivity contribution in [2.75, 3.05) is 0 Å². The van der Waals surface area contributed by atoms with Gasteiger partial charge in [-0.15, -0.1) is 0 Å². The summed E-state index contributed by atoms with van der Waals surface area (Å²) in [6.07, 6.45) is 1.69. The molecule has 0 heterocycles. The number of benzene rings is 3. The first-order chi connectivity index (χ1) is 9.34. The van der Waals surface area contributed by atoms with Crippen LogP contribution in [0.4, 0.5) is 5.69 Å². The summed E-state index contributed by atoms with van der Waals surface area (Å²) in [5, 5.41) is 12.0. The second-order valence-corrected chi connectivity index (χ2v) is 4.32. The van der Waals surface area contributed by atoms with Crippen LogP contribution in [0, 0.1) is 14.9 Å². The van der Waals surface area contributed by atoms with E-state index in [1.165, 1.54) is 0 Å². The Morgan fingerprint density at radius 1 is 0.773 bits per heavy atom. The van der Waals surface area contributed by atoms with Gasteiger partial charge in [-0.25, -0.2) is 0 Å². The van der Waals surface area contributed by atoms with E-state index in [-0.39, 0.29) is 42.3 Å². The molecule has 3 heteroatoms. The first-order valence-corrected chi connectivity index (χ1v) is 6.14. The van der Waals surface area contributed by atoms with Gasteiger partial charge in [-0.05, 0) is 23.6 Å². The first kappa shape index (κ1) is 20.1. The van der Waals surface area contributed by atoms with Crippen LogP contribution in [0.5, 0.6) is 5.75 Å². The van der Waals surface area contributed by atoms with Crippen molar-refractivity contribution in [3.63, 3.8) is 0 Å². The van der Waals surface area contributed by atoms with E-state index in [1.54, 1.807) is 18.3 Å². The van der Waals surface area contributed by atoms with Crippen molar-refractivity contribution in [1.29, 1.82) is 0 Å². The molecule has 0 radical (unpaired) electrons. The van der Waals surface area contributed by atoms with E-state index in [0.717, 1.165) is 22.0 Å². The smallest absolute Gasteiger partial charge is 0.507 e. The Bertz CT molecular complexity index is 748. The van der Waals surface area contributed by atoms with E-state index in [2.05, 4.69) is 17.1 Å². The number of phenols is 1. The van der Waals surface area contributed by atoms with E-state index in [1.807, 2.05) is 42.5 Å². The number of aliphatic imine (C=N–C) groups is 1. The molecule has 110 valence electrons. The molecule has 0 bridgehead atoms. The van der Waals surface area contributed by atoms with E-state index in [0.29, 0.717) is 0 Å². The van der Waals surface area contributed by atoms with Gasteiger partial charge >= 0.3 is 21.7 Å². The molecular formula is C19H19NOTi. The van der Waals surface area contributed by atoms with Gasteiger partial charge in [-0.3, -0.25) is 4.99 Å². The topological polar surface area (TPSA) is 32.6 Å². The Kier molecular flexibility index (Phi) is 8.40. The van der Waals surface area contributed by atoms with E-state index < -0.39 is 0 Å². The van der Waals surface area contributed by atoms with E-state index in [9.17, 15) is 5.11 Å². The Labute approximate surface area is 147 Å². The predicted molar refractivity (Wildman–Crippen MR) is 92.1 cm³/mol. The van der Waals surface area contributed by atoms with Gasteiger partial charge in [0.1, 0.15) is 5.75 Å². The van der Waals surface area contributed by atoms with Gasteiger partial charge in [0.05, 0.1) is 5.69 Å². The summed E-state index contributed by atoms with van der Waals surface area (Å²) in [6.45, 7) is 0. The second-order valence-electron chi connectivity index (χ2n) is 4.32. The fourth-order valence-corrected chi connectivity index (χ4v) is 2.06. The van der Waals surface area contributed by atoms with Crippen molar-refractivity contribution in [2.45, 2.75) is 0 Å². The fourth-order valence-electron chi connectivity index (χ4n) is 2.06. The van der Waals surface area contributed by atoms with Crippen LogP contribution in [0.1, 0.15) is 5.56 Å². The molecule has 0 aliphatic carbocycles. The minimum Gasteiger partial charge on any atom is -0.507 e. The zero-order valence-corrected chi connectivity index (χ0v) is 14.4. The van der Waals surface area contributed by atoms with Crippen LogP contribution in [-0.4, -0.2) is 11.3 Å². The Balaban J connectivity index is 0.00000147. The number of aromatic hydroxyl groups is 1. The van der Waals surface area contributed by atoms with Gasteiger partial charge in [0, 0.05) is 17.2 Å². The van der Waals surface area contributed by atoms with Crippen LogP contribution >= 0.6 is 0 Å². The number of fused-ring (bicyclic) bond motifs is 1. The van der Waals surface area contributed by atoms with E-state index in [4.69, 9.17) is 0 Å². The molecule has 3 rings (SSSR count). The molecule has 0 atom stereocenters. The van der Waals surface area contributed by atoms with Crippen LogP contribution in [0.2, 0.25) is 0 Å². The molecule has 0 unspecified atom stereocenters. The number of hydrogen-bond donors (Lipinski definition) is 1. The van der Waals surface area contributed by atoms with Gasteiger partial charge in [0.15, 0.2) is 0 Å². The Morgan fingerprint density at radius 2 is 1.41 bits per heavy atom. The molecule has 3 aromatic rings. The molecule has 0 aliphatic heterocycles. The van der Waals surface area contributed by atoms with Gasteiger partial charge < -0.3 is 20.0 Å². The maximum atomic E-state index is 9.71. The summed E-state index contributed by atoms with van der Waals surface area (Å²) >= 11 is 0. The molecule has 1 N–H and O–H groups in total. The van der Waals surface area contributed by atoms with Crippen LogP contribution < -0.4 is 0 Å². The maximum absolute atomic E-state index is 9.71. The number of hydrogen-bond acceptors (Lipinski definition) is 2. The van der Waals surface area contributed by atoms with E-state index >= 15 is 0 Å². The van der Waals surface area contributed by atoms with Crippen LogP contribution in [0.15, 0.2) is 71.7 Å². The largest absolute Gasteiger partial charge is 2.00 e. The molecule has 2 nitrogen and oxygen atoms in total. The molecule has 0 aromatic heterocycles. The second kappa shape index (κ2) is 9.19. The van der Waals surface area contributed by atoms with Gasteiger partial charge in [0.2, 0.25) is 0 Å². The number of nitrogens with zero attached hydrogens (tertiary/aromatic N) is 1. The minimum atomic E-state index is 0. The third-order valence-electron chi connectivity index (χ3n) is 3.05. The molecular weight excluding hydrogens is 306 g/mol. The molecule has 0 aliphatic rings. The normalized spacial score (nSPS) is 9.64. The maximum Gasteiger partial charge on any atom is 2.00 e. The summed E-state index contributed by atoms with van der Waals surface area (Å²) in [7, 11) is 0. The van der Waals surface area contributed by atoms with Crippen LogP contribution in [0.25, 0.3) is 10.8 Å². The molecule has 0 spiro atoms. The van der Waals surface area contributed by atoms with Crippen LogP contribution in [0.3, 0.4) is 0 Å². The quantitative estimate of drug-likeness (QED) is 0.392. The minimum absolute atomic E-state index is 0. The Morgan fingerprint density at radius 3 is 2.18 bits per heavy atom. The van der Waals surface area contributed by atoms with Crippen molar-refractivity contribution in [3.8, 4) is 5.75 Å². The van der Waals surface area contributed by atoms with Crippen molar-refractivity contribution >= 4 is 22.7 Å². The number of rotatable bonds is 2. The van der Waals surface area contributed by atoms with Crippen LogP contribution in [-0.2, 0) is 21.7 Å². The average Bonchev–Trinajstić information content (AvgIpc) is 2.46. The summed E-state index contributed by atoms with van der Waals surface area (Å²) in [5.41, 5.74) is 1.62. The molecule has 22 heavy (non-hydrogen) atoms. The molecule has 0 saturated carbocycles.